The minimum absolute atomic E-state index is 0.0292. The van der Waals surface area contributed by atoms with Gasteiger partial charge < -0.3 is 15.5 Å². The van der Waals surface area contributed by atoms with E-state index >= 15 is 0 Å². The number of nitrogens with zero attached hydrogens (tertiary/aromatic N) is 1. The lowest BCUT2D eigenvalue weighted by atomic mass is 10.2. The summed E-state index contributed by atoms with van der Waals surface area (Å²) in [7, 11) is 3.72. The number of anilines is 3. The molecule has 0 unspecified atom stereocenters. The highest BCUT2D eigenvalue weighted by Crippen LogP contribution is 2.20. The Balaban J connectivity index is 1.95. The van der Waals surface area contributed by atoms with Gasteiger partial charge in [0.15, 0.2) is 0 Å². The minimum Gasteiger partial charge on any atom is -0.356 e. The van der Waals surface area contributed by atoms with Gasteiger partial charge in [-0.3, -0.25) is 4.79 Å². The Kier molecular flexibility index (Phi) is 5.20. The Morgan fingerprint density at radius 2 is 1.43 bits per heavy atom. The van der Waals surface area contributed by atoms with Crippen LogP contribution in [-0.4, -0.2) is 31.4 Å². The zero-order valence-corrected chi connectivity index (χ0v) is 12.8. The molecule has 1 amide bonds. The third-order valence-corrected chi connectivity index (χ3v) is 3.01. The van der Waals surface area contributed by atoms with Gasteiger partial charge in [0.1, 0.15) is 0 Å². The number of likely N-dealkylation sites (N-methyl/N-ethyl adjacent to an activating group) is 1. The Morgan fingerprint density at radius 1 is 0.952 bits per heavy atom. The van der Waals surface area contributed by atoms with Gasteiger partial charge in [-0.25, -0.2) is 0 Å². The van der Waals surface area contributed by atoms with Crippen LogP contribution in [0.5, 0.6) is 0 Å². The molecular weight excluding hydrogens is 286 g/mol. The lowest BCUT2D eigenvalue weighted by molar-refractivity contribution is -0.116. The van der Waals surface area contributed by atoms with Crippen LogP contribution in [0.1, 0.15) is 0 Å². The topological polar surface area (TPSA) is 44.4 Å². The molecule has 0 saturated carbocycles. The quantitative estimate of drug-likeness (QED) is 0.887. The van der Waals surface area contributed by atoms with Crippen molar-refractivity contribution in [1.29, 1.82) is 0 Å². The second-order valence-corrected chi connectivity index (χ2v) is 5.43. The number of carbonyl (C=O) groups is 1. The summed E-state index contributed by atoms with van der Waals surface area (Å²) < 4.78 is 0. The monoisotopic (exact) mass is 303 g/mol. The number of hydrogen-bond donors (Lipinski definition) is 2. The van der Waals surface area contributed by atoms with Crippen molar-refractivity contribution in [3.8, 4) is 0 Å². The van der Waals surface area contributed by atoms with Crippen molar-refractivity contribution < 1.29 is 4.79 Å². The Hall–Kier alpha value is -2.04. The van der Waals surface area contributed by atoms with Crippen LogP contribution in [0.4, 0.5) is 17.1 Å². The first kappa shape index (κ1) is 15.4. The van der Waals surface area contributed by atoms with E-state index in [1.165, 1.54) is 0 Å². The Labute approximate surface area is 129 Å². The predicted molar refractivity (Wildman–Crippen MR) is 88.4 cm³/mol. The fourth-order valence-electron chi connectivity index (χ4n) is 1.82. The SMILES string of the molecule is CN(C)CC(=O)Nc1ccc(Nc2ccc(Cl)cc2)cc1. The Bertz CT molecular complexity index is 594. The van der Waals surface area contributed by atoms with Crippen LogP contribution in [0.25, 0.3) is 0 Å². The molecule has 0 fully saturated rings. The van der Waals surface area contributed by atoms with E-state index in [9.17, 15) is 4.79 Å². The number of rotatable bonds is 5. The van der Waals surface area contributed by atoms with Crippen LogP contribution < -0.4 is 10.6 Å². The zero-order valence-electron chi connectivity index (χ0n) is 12.1. The molecule has 0 radical (unpaired) electrons. The van der Waals surface area contributed by atoms with Crippen molar-refractivity contribution in [2.45, 2.75) is 0 Å². The van der Waals surface area contributed by atoms with E-state index in [0.717, 1.165) is 17.1 Å². The number of hydrogen-bond acceptors (Lipinski definition) is 3. The van der Waals surface area contributed by atoms with Gasteiger partial charge in [-0.1, -0.05) is 11.6 Å². The van der Waals surface area contributed by atoms with Crippen LogP contribution in [0.15, 0.2) is 48.5 Å². The molecule has 0 heterocycles. The van der Waals surface area contributed by atoms with Crippen molar-refractivity contribution in [3.63, 3.8) is 0 Å². The largest absolute Gasteiger partial charge is 0.356 e. The number of benzene rings is 2. The molecule has 0 aliphatic heterocycles. The smallest absolute Gasteiger partial charge is 0.238 e. The molecule has 0 aliphatic carbocycles. The first-order chi connectivity index (χ1) is 10.0. The summed E-state index contributed by atoms with van der Waals surface area (Å²) in [5.74, 6) is -0.0292. The third-order valence-electron chi connectivity index (χ3n) is 2.76. The number of amides is 1. The van der Waals surface area contributed by atoms with Crippen molar-refractivity contribution in [2.75, 3.05) is 31.3 Å². The van der Waals surface area contributed by atoms with Crippen LogP contribution in [0, 0.1) is 0 Å². The second kappa shape index (κ2) is 7.11. The summed E-state index contributed by atoms with van der Waals surface area (Å²) in [6.45, 7) is 0.366. The standard InChI is InChI=1S/C16H18ClN3O/c1-20(2)11-16(21)19-15-9-7-14(8-10-15)18-13-5-3-12(17)4-6-13/h3-10,18H,11H2,1-2H3,(H,19,21). The predicted octanol–water partition coefficient (Wildman–Crippen LogP) is 3.58. The fraction of sp³-hybridized carbons (Fsp3) is 0.188. The van der Waals surface area contributed by atoms with Gasteiger partial charge in [-0.15, -0.1) is 0 Å². The van der Waals surface area contributed by atoms with Crippen molar-refractivity contribution in [3.05, 3.63) is 53.6 Å². The van der Waals surface area contributed by atoms with Gasteiger partial charge >= 0.3 is 0 Å². The van der Waals surface area contributed by atoms with Crippen LogP contribution >= 0.6 is 11.6 Å². The van der Waals surface area contributed by atoms with E-state index in [2.05, 4.69) is 10.6 Å². The molecule has 2 N–H and O–H groups in total. The average molecular weight is 304 g/mol. The van der Waals surface area contributed by atoms with E-state index in [4.69, 9.17) is 11.6 Å². The molecule has 0 aromatic heterocycles. The highest BCUT2D eigenvalue weighted by atomic mass is 35.5. The summed E-state index contributed by atoms with van der Waals surface area (Å²) in [5.41, 5.74) is 2.69. The van der Waals surface area contributed by atoms with Gasteiger partial charge in [0.2, 0.25) is 5.91 Å². The molecule has 21 heavy (non-hydrogen) atoms. The maximum Gasteiger partial charge on any atom is 0.238 e. The van der Waals surface area contributed by atoms with Crippen molar-refractivity contribution >= 4 is 34.6 Å². The molecule has 2 aromatic rings. The van der Waals surface area contributed by atoms with Crippen LogP contribution in [-0.2, 0) is 4.79 Å². The van der Waals surface area contributed by atoms with E-state index < -0.39 is 0 Å². The molecule has 4 nitrogen and oxygen atoms in total. The third kappa shape index (κ3) is 5.10. The first-order valence-electron chi connectivity index (χ1n) is 6.60. The second-order valence-electron chi connectivity index (χ2n) is 5.00. The maximum atomic E-state index is 11.6. The molecule has 0 atom stereocenters. The molecule has 0 saturated heterocycles. The summed E-state index contributed by atoms with van der Waals surface area (Å²) in [6, 6.07) is 15.1. The zero-order chi connectivity index (χ0) is 15.2. The Morgan fingerprint density at radius 3 is 1.95 bits per heavy atom. The molecule has 5 heteroatoms. The van der Waals surface area contributed by atoms with Gasteiger partial charge in [-0.2, -0.15) is 0 Å². The fourth-order valence-corrected chi connectivity index (χ4v) is 1.95. The van der Waals surface area contributed by atoms with E-state index in [-0.39, 0.29) is 5.91 Å². The molecule has 2 rings (SSSR count). The summed E-state index contributed by atoms with van der Waals surface area (Å²) in [5, 5.41) is 6.82. The van der Waals surface area contributed by atoms with Gasteiger partial charge in [0, 0.05) is 22.1 Å². The van der Waals surface area contributed by atoms with Crippen LogP contribution in [0.2, 0.25) is 5.02 Å². The molecular formula is C16H18ClN3O. The lowest BCUT2D eigenvalue weighted by Crippen LogP contribution is -2.27. The molecule has 110 valence electrons. The van der Waals surface area contributed by atoms with E-state index in [0.29, 0.717) is 11.6 Å². The average Bonchev–Trinajstić information content (AvgIpc) is 2.42. The maximum absolute atomic E-state index is 11.6. The summed E-state index contributed by atoms with van der Waals surface area (Å²) >= 11 is 5.85. The van der Waals surface area contributed by atoms with Crippen LogP contribution in [0.3, 0.4) is 0 Å². The lowest BCUT2D eigenvalue weighted by Gasteiger charge is -2.11. The molecule has 0 bridgehead atoms. The number of carbonyl (C=O) groups excluding carboxylic acids is 1. The highest BCUT2D eigenvalue weighted by molar-refractivity contribution is 6.30. The van der Waals surface area contributed by atoms with Gasteiger partial charge in [0.25, 0.3) is 0 Å². The van der Waals surface area contributed by atoms with Crippen molar-refractivity contribution in [2.24, 2.45) is 0 Å². The normalized spacial score (nSPS) is 10.5. The highest BCUT2D eigenvalue weighted by Gasteiger charge is 2.03. The summed E-state index contributed by atoms with van der Waals surface area (Å²) in [4.78, 5) is 13.5. The first-order valence-corrected chi connectivity index (χ1v) is 6.98. The van der Waals surface area contributed by atoms with Gasteiger partial charge in [0.05, 0.1) is 6.54 Å². The molecule has 0 spiro atoms. The van der Waals surface area contributed by atoms with E-state index in [1.54, 1.807) is 0 Å². The number of halogens is 1. The van der Waals surface area contributed by atoms with Crippen molar-refractivity contribution in [1.82, 2.24) is 4.90 Å². The van der Waals surface area contributed by atoms with E-state index in [1.807, 2.05) is 67.5 Å². The number of nitrogens with one attached hydrogen (secondary N) is 2. The minimum atomic E-state index is -0.0292. The molecule has 0 aliphatic rings. The van der Waals surface area contributed by atoms with Gasteiger partial charge in [-0.05, 0) is 62.6 Å². The molecule has 2 aromatic carbocycles. The summed E-state index contributed by atoms with van der Waals surface area (Å²) in [6.07, 6.45) is 0.